The molecule has 0 atom stereocenters. The van der Waals surface area contributed by atoms with Crippen LogP contribution in [0.3, 0.4) is 0 Å². The molecule has 96 valence electrons. The molecule has 0 bridgehead atoms. The highest BCUT2D eigenvalue weighted by atomic mass is 16.2. The lowest BCUT2D eigenvalue weighted by molar-refractivity contribution is -0.128. The molecule has 0 aliphatic carbocycles. The third kappa shape index (κ3) is 3.48. The van der Waals surface area contributed by atoms with Crippen LogP contribution in [0.4, 0.5) is 5.69 Å². The number of benzene rings is 1. The van der Waals surface area contributed by atoms with E-state index in [2.05, 4.69) is 10.3 Å². The van der Waals surface area contributed by atoms with Crippen LogP contribution in [-0.4, -0.2) is 36.4 Å². The summed E-state index contributed by atoms with van der Waals surface area (Å²) < 4.78 is 0. The van der Waals surface area contributed by atoms with E-state index < -0.39 is 0 Å². The number of hydrogen-bond acceptors (Lipinski definition) is 2. The predicted molar refractivity (Wildman–Crippen MR) is 72.4 cm³/mol. The largest absolute Gasteiger partial charge is 0.370 e. The van der Waals surface area contributed by atoms with Crippen molar-refractivity contribution in [3.63, 3.8) is 0 Å². The molecule has 0 aromatic heterocycles. The zero-order valence-electron chi connectivity index (χ0n) is 10.3. The maximum atomic E-state index is 11.7. The molecule has 0 unspecified atom stereocenters. The Morgan fingerprint density at radius 2 is 1.94 bits per heavy atom. The molecule has 5 nitrogen and oxygen atoms in total. The Bertz CT molecular complexity index is 424. The molecule has 5 heteroatoms. The number of para-hydroxylation sites is 1. The summed E-state index contributed by atoms with van der Waals surface area (Å²) in [7, 11) is 0. The molecule has 1 aromatic rings. The van der Waals surface area contributed by atoms with Crippen LogP contribution >= 0.6 is 0 Å². The predicted octanol–water partition coefficient (Wildman–Crippen LogP) is 1.04. The molecule has 0 radical (unpaired) electrons. The van der Waals surface area contributed by atoms with Crippen LogP contribution in [0, 0.1) is 0 Å². The van der Waals surface area contributed by atoms with Gasteiger partial charge in [0.15, 0.2) is 5.96 Å². The Morgan fingerprint density at radius 1 is 1.28 bits per heavy atom. The van der Waals surface area contributed by atoms with Gasteiger partial charge in [-0.25, -0.2) is 4.99 Å². The van der Waals surface area contributed by atoms with Crippen LogP contribution in [0.2, 0.25) is 0 Å². The molecular formula is C13H18N4O. The molecule has 0 saturated carbocycles. The van der Waals surface area contributed by atoms with Gasteiger partial charge in [0.2, 0.25) is 5.91 Å². The van der Waals surface area contributed by atoms with Gasteiger partial charge < -0.3 is 16.0 Å². The molecule has 1 saturated heterocycles. The van der Waals surface area contributed by atoms with Gasteiger partial charge in [0.25, 0.3) is 0 Å². The van der Waals surface area contributed by atoms with Crippen molar-refractivity contribution in [2.24, 2.45) is 10.7 Å². The fraction of sp³-hybridized carbons (Fsp3) is 0.385. The number of nitrogens with zero attached hydrogens (tertiary/aromatic N) is 2. The second kappa shape index (κ2) is 6.05. The molecule has 1 aliphatic heterocycles. The van der Waals surface area contributed by atoms with Crippen molar-refractivity contribution in [1.82, 2.24) is 4.90 Å². The van der Waals surface area contributed by atoms with Crippen molar-refractivity contribution in [2.45, 2.75) is 12.8 Å². The maximum Gasteiger partial charge on any atom is 0.244 e. The minimum atomic E-state index is 0.0466. The summed E-state index contributed by atoms with van der Waals surface area (Å²) in [5.41, 5.74) is 6.59. The van der Waals surface area contributed by atoms with E-state index >= 15 is 0 Å². The van der Waals surface area contributed by atoms with Crippen molar-refractivity contribution in [3.05, 3.63) is 30.3 Å². The monoisotopic (exact) mass is 246 g/mol. The van der Waals surface area contributed by atoms with Gasteiger partial charge in [-0.05, 0) is 25.0 Å². The molecule has 2 rings (SSSR count). The summed E-state index contributed by atoms with van der Waals surface area (Å²) in [6, 6.07) is 9.53. The fourth-order valence-corrected chi connectivity index (χ4v) is 1.93. The van der Waals surface area contributed by atoms with E-state index in [1.54, 1.807) is 0 Å². The van der Waals surface area contributed by atoms with Crippen LogP contribution in [0.15, 0.2) is 35.3 Å². The summed E-state index contributed by atoms with van der Waals surface area (Å²) in [5.74, 6) is 0.319. The van der Waals surface area contributed by atoms with E-state index in [0.717, 1.165) is 31.6 Å². The first-order valence-electron chi connectivity index (χ1n) is 6.15. The van der Waals surface area contributed by atoms with Crippen LogP contribution in [0.5, 0.6) is 0 Å². The Morgan fingerprint density at radius 3 is 2.61 bits per heavy atom. The summed E-state index contributed by atoms with van der Waals surface area (Å²) in [6.07, 6.45) is 2.18. The van der Waals surface area contributed by atoms with E-state index in [4.69, 9.17) is 5.73 Å². The first kappa shape index (κ1) is 12.4. The van der Waals surface area contributed by atoms with Crippen molar-refractivity contribution < 1.29 is 4.79 Å². The van der Waals surface area contributed by atoms with Crippen molar-refractivity contribution in [1.29, 1.82) is 0 Å². The zero-order valence-corrected chi connectivity index (χ0v) is 10.3. The summed E-state index contributed by atoms with van der Waals surface area (Å²) in [6.45, 7) is 1.81. The second-order valence-electron chi connectivity index (χ2n) is 4.28. The highest BCUT2D eigenvalue weighted by Crippen LogP contribution is 2.07. The number of likely N-dealkylation sites (tertiary alicyclic amines) is 1. The average molecular weight is 246 g/mol. The number of amides is 1. The van der Waals surface area contributed by atoms with Gasteiger partial charge in [0.05, 0.1) is 0 Å². The minimum Gasteiger partial charge on any atom is -0.370 e. The number of guanidine groups is 1. The van der Waals surface area contributed by atoms with E-state index in [1.165, 1.54) is 0 Å². The van der Waals surface area contributed by atoms with Crippen LogP contribution < -0.4 is 11.1 Å². The van der Waals surface area contributed by atoms with Crippen molar-refractivity contribution in [2.75, 3.05) is 25.0 Å². The topological polar surface area (TPSA) is 70.7 Å². The van der Waals surface area contributed by atoms with Gasteiger partial charge >= 0.3 is 0 Å². The van der Waals surface area contributed by atoms with E-state index in [9.17, 15) is 4.79 Å². The van der Waals surface area contributed by atoms with Gasteiger partial charge in [-0.2, -0.15) is 0 Å². The second-order valence-corrected chi connectivity index (χ2v) is 4.28. The molecular weight excluding hydrogens is 228 g/mol. The lowest BCUT2D eigenvalue weighted by atomic mass is 10.3. The molecule has 1 amide bonds. The third-order valence-electron chi connectivity index (χ3n) is 2.89. The first-order valence-corrected chi connectivity index (χ1v) is 6.15. The Hall–Kier alpha value is -2.04. The Kier molecular flexibility index (Phi) is 4.17. The molecule has 18 heavy (non-hydrogen) atoms. The van der Waals surface area contributed by atoms with E-state index in [1.807, 2.05) is 35.2 Å². The highest BCUT2D eigenvalue weighted by Gasteiger charge is 2.16. The van der Waals surface area contributed by atoms with Crippen LogP contribution in [0.1, 0.15) is 12.8 Å². The maximum absolute atomic E-state index is 11.7. The lowest BCUT2D eigenvalue weighted by Gasteiger charge is -2.13. The SMILES string of the molecule is NC(=NCC(=O)N1CCCC1)Nc1ccccc1. The fourth-order valence-electron chi connectivity index (χ4n) is 1.93. The van der Waals surface area contributed by atoms with Crippen molar-refractivity contribution >= 4 is 17.6 Å². The Balaban J connectivity index is 1.83. The van der Waals surface area contributed by atoms with Crippen LogP contribution in [-0.2, 0) is 4.79 Å². The number of nitrogens with two attached hydrogens (primary N) is 1. The molecule has 3 N–H and O–H groups in total. The standard InChI is InChI=1S/C13H18N4O/c14-13(16-11-6-2-1-3-7-11)15-10-12(18)17-8-4-5-9-17/h1-3,6-7H,4-5,8-10H2,(H3,14,15,16). The number of rotatable bonds is 3. The number of aliphatic imine (C=N–C) groups is 1. The third-order valence-corrected chi connectivity index (χ3v) is 2.89. The van der Waals surface area contributed by atoms with Gasteiger partial charge in [-0.15, -0.1) is 0 Å². The molecule has 1 aliphatic rings. The van der Waals surface area contributed by atoms with Gasteiger partial charge in [-0.3, -0.25) is 4.79 Å². The number of anilines is 1. The van der Waals surface area contributed by atoms with E-state index in [0.29, 0.717) is 0 Å². The first-order chi connectivity index (χ1) is 8.75. The van der Waals surface area contributed by atoms with Crippen LogP contribution in [0.25, 0.3) is 0 Å². The Labute approximate surface area is 107 Å². The average Bonchev–Trinajstić information content (AvgIpc) is 2.91. The minimum absolute atomic E-state index is 0.0466. The highest BCUT2D eigenvalue weighted by molar-refractivity contribution is 5.93. The summed E-state index contributed by atoms with van der Waals surface area (Å²) in [5, 5.41) is 2.94. The normalized spacial score (nSPS) is 15.8. The van der Waals surface area contributed by atoms with Crippen molar-refractivity contribution in [3.8, 4) is 0 Å². The molecule has 1 fully saturated rings. The molecule has 0 spiro atoms. The quantitative estimate of drug-likeness (QED) is 0.618. The molecule has 1 heterocycles. The van der Waals surface area contributed by atoms with Gasteiger partial charge in [-0.1, -0.05) is 18.2 Å². The lowest BCUT2D eigenvalue weighted by Crippen LogP contribution is -2.31. The zero-order chi connectivity index (χ0) is 12.8. The summed E-state index contributed by atoms with van der Waals surface area (Å²) >= 11 is 0. The number of hydrogen-bond donors (Lipinski definition) is 2. The molecule has 1 aromatic carbocycles. The smallest absolute Gasteiger partial charge is 0.244 e. The van der Waals surface area contributed by atoms with Gasteiger partial charge in [0.1, 0.15) is 6.54 Å². The number of carbonyl (C=O) groups is 1. The number of nitrogens with one attached hydrogen (secondary N) is 1. The van der Waals surface area contributed by atoms with Gasteiger partial charge in [0, 0.05) is 18.8 Å². The number of carbonyl (C=O) groups excluding carboxylic acids is 1. The van der Waals surface area contributed by atoms with E-state index in [-0.39, 0.29) is 18.4 Å². The summed E-state index contributed by atoms with van der Waals surface area (Å²) in [4.78, 5) is 17.6.